The number of carbonyl (C=O) groups excluding carboxylic acids is 2. The van der Waals surface area contributed by atoms with Gasteiger partial charge < -0.3 is 15.4 Å². The van der Waals surface area contributed by atoms with Crippen molar-refractivity contribution in [3.05, 3.63) is 29.6 Å². The van der Waals surface area contributed by atoms with Gasteiger partial charge in [0.25, 0.3) is 11.8 Å². The molecule has 0 spiro atoms. The Hall–Kier alpha value is -1.95. The molecule has 0 fully saturated rings. The molecule has 0 radical (unpaired) electrons. The van der Waals surface area contributed by atoms with E-state index >= 15 is 0 Å². The molecule has 22 heavy (non-hydrogen) atoms. The lowest BCUT2D eigenvalue weighted by Crippen LogP contribution is -2.28. The van der Waals surface area contributed by atoms with Crippen LogP contribution in [0.3, 0.4) is 0 Å². The lowest BCUT2D eigenvalue weighted by Gasteiger charge is -2.07. The Balaban J connectivity index is 2.50. The van der Waals surface area contributed by atoms with E-state index in [2.05, 4.69) is 22.5 Å². The Kier molecular flexibility index (Phi) is 8.83. The molecule has 1 heterocycles. The molecule has 0 bridgehead atoms. The number of hydrogen-bond donors (Lipinski definition) is 2. The smallest absolute Gasteiger partial charge is 0.269 e. The van der Waals surface area contributed by atoms with E-state index in [0.29, 0.717) is 25.3 Å². The largest absolute Gasteiger partial charge is 0.385 e. The van der Waals surface area contributed by atoms with Gasteiger partial charge in [-0.2, -0.15) is 0 Å². The molecule has 122 valence electrons. The summed E-state index contributed by atoms with van der Waals surface area (Å²) in [7, 11) is 1.62. The fourth-order valence-corrected chi connectivity index (χ4v) is 1.88. The van der Waals surface area contributed by atoms with Gasteiger partial charge in [0.15, 0.2) is 0 Å². The first-order valence-electron chi connectivity index (χ1n) is 7.70. The van der Waals surface area contributed by atoms with Crippen molar-refractivity contribution in [3.8, 4) is 0 Å². The van der Waals surface area contributed by atoms with Crippen molar-refractivity contribution in [1.29, 1.82) is 0 Å². The van der Waals surface area contributed by atoms with Gasteiger partial charge in [-0.3, -0.25) is 14.6 Å². The monoisotopic (exact) mass is 307 g/mol. The molecule has 0 aliphatic rings. The highest BCUT2D eigenvalue weighted by Gasteiger charge is 2.11. The Morgan fingerprint density at radius 3 is 2.59 bits per heavy atom. The highest BCUT2D eigenvalue weighted by Crippen LogP contribution is 2.03. The standard InChI is InChI=1S/C16H25N3O3/c1-3-4-5-8-18-15(20)13-7-10-17-14(12-13)16(21)19-9-6-11-22-2/h7,10,12H,3-6,8-9,11H2,1-2H3,(H,18,20)(H,19,21). The van der Waals surface area contributed by atoms with Crippen molar-refractivity contribution in [3.63, 3.8) is 0 Å². The number of rotatable bonds is 10. The van der Waals surface area contributed by atoms with E-state index < -0.39 is 0 Å². The Bertz CT molecular complexity index is 438. The van der Waals surface area contributed by atoms with E-state index in [1.54, 1.807) is 13.2 Å². The van der Waals surface area contributed by atoms with E-state index in [1.165, 1.54) is 12.3 Å². The average molecular weight is 307 g/mol. The summed E-state index contributed by atoms with van der Waals surface area (Å²) in [5.41, 5.74) is 0.701. The second kappa shape index (κ2) is 10.7. The van der Waals surface area contributed by atoms with E-state index in [4.69, 9.17) is 4.74 Å². The van der Waals surface area contributed by atoms with Crippen LogP contribution in [0.25, 0.3) is 0 Å². The number of hydrogen-bond acceptors (Lipinski definition) is 4. The van der Waals surface area contributed by atoms with Crippen LogP contribution in [0.2, 0.25) is 0 Å². The summed E-state index contributed by atoms with van der Waals surface area (Å²) in [6, 6.07) is 3.12. The molecule has 0 aromatic carbocycles. The third kappa shape index (κ3) is 6.67. The molecule has 1 rings (SSSR count). The number of unbranched alkanes of at least 4 members (excludes halogenated alkanes) is 2. The first kappa shape index (κ1) is 18.1. The Morgan fingerprint density at radius 1 is 1.14 bits per heavy atom. The lowest BCUT2D eigenvalue weighted by molar-refractivity contribution is 0.0943. The molecular weight excluding hydrogens is 282 g/mol. The summed E-state index contributed by atoms with van der Waals surface area (Å²) >= 11 is 0. The fourth-order valence-electron chi connectivity index (χ4n) is 1.88. The van der Waals surface area contributed by atoms with Crippen molar-refractivity contribution in [2.75, 3.05) is 26.8 Å². The molecule has 0 unspecified atom stereocenters. The zero-order valence-electron chi connectivity index (χ0n) is 13.4. The van der Waals surface area contributed by atoms with Crippen LogP contribution < -0.4 is 10.6 Å². The van der Waals surface area contributed by atoms with Crippen LogP contribution in [0, 0.1) is 0 Å². The number of methoxy groups -OCH3 is 1. The predicted octanol–water partition coefficient (Wildman–Crippen LogP) is 1.77. The van der Waals surface area contributed by atoms with E-state index in [9.17, 15) is 9.59 Å². The van der Waals surface area contributed by atoms with Crippen molar-refractivity contribution >= 4 is 11.8 Å². The molecule has 0 aliphatic carbocycles. The summed E-state index contributed by atoms with van der Waals surface area (Å²) in [6.07, 6.45) is 5.37. The molecule has 0 atom stereocenters. The molecule has 2 amide bonds. The van der Waals surface area contributed by atoms with Crippen LogP contribution in [0.4, 0.5) is 0 Å². The van der Waals surface area contributed by atoms with Crippen LogP contribution in [0.5, 0.6) is 0 Å². The molecule has 2 N–H and O–H groups in total. The Morgan fingerprint density at radius 2 is 1.86 bits per heavy atom. The minimum absolute atomic E-state index is 0.174. The summed E-state index contributed by atoms with van der Waals surface area (Å²) < 4.78 is 4.91. The predicted molar refractivity (Wildman–Crippen MR) is 84.9 cm³/mol. The number of pyridine rings is 1. The number of aromatic nitrogens is 1. The maximum absolute atomic E-state index is 12.0. The third-order valence-corrected chi connectivity index (χ3v) is 3.13. The van der Waals surface area contributed by atoms with Crippen molar-refractivity contribution in [1.82, 2.24) is 15.6 Å². The van der Waals surface area contributed by atoms with Crippen molar-refractivity contribution in [2.24, 2.45) is 0 Å². The van der Waals surface area contributed by atoms with Gasteiger partial charge in [-0.1, -0.05) is 19.8 Å². The number of nitrogens with one attached hydrogen (secondary N) is 2. The van der Waals surface area contributed by atoms with Crippen molar-refractivity contribution < 1.29 is 14.3 Å². The van der Waals surface area contributed by atoms with Crippen LogP contribution >= 0.6 is 0 Å². The van der Waals surface area contributed by atoms with Crippen LogP contribution in [0.1, 0.15) is 53.5 Å². The molecule has 1 aromatic heterocycles. The number of nitrogens with zero attached hydrogens (tertiary/aromatic N) is 1. The fraction of sp³-hybridized carbons (Fsp3) is 0.562. The summed E-state index contributed by atoms with van der Waals surface area (Å²) in [4.78, 5) is 27.9. The molecule has 0 saturated heterocycles. The number of carbonyl (C=O) groups is 2. The van der Waals surface area contributed by atoms with Gasteiger partial charge >= 0.3 is 0 Å². The zero-order chi connectivity index (χ0) is 16.2. The topological polar surface area (TPSA) is 80.3 Å². The van der Waals surface area contributed by atoms with Gasteiger partial charge in [-0.15, -0.1) is 0 Å². The summed E-state index contributed by atoms with van der Waals surface area (Å²) in [5.74, 6) is -0.455. The molecule has 6 heteroatoms. The second-order valence-electron chi connectivity index (χ2n) is 5.00. The quantitative estimate of drug-likeness (QED) is 0.646. The van der Waals surface area contributed by atoms with Gasteiger partial charge in [0.1, 0.15) is 5.69 Å². The van der Waals surface area contributed by atoms with Crippen LogP contribution in [-0.2, 0) is 4.74 Å². The zero-order valence-corrected chi connectivity index (χ0v) is 13.4. The number of ether oxygens (including phenoxy) is 1. The maximum atomic E-state index is 12.0. The summed E-state index contributed by atoms with van der Waals surface area (Å²) in [5, 5.41) is 5.59. The molecule has 6 nitrogen and oxygen atoms in total. The molecule has 1 aromatic rings. The average Bonchev–Trinajstić information content (AvgIpc) is 2.55. The normalized spacial score (nSPS) is 10.3. The molecule has 0 aliphatic heterocycles. The lowest BCUT2D eigenvalue weighted by atomic mass is 10.2. The summed E-state index contributed by atoms with van der Waals surface area (Å²) in [6.45, 7) is 3.87. The van der Waals surface area contributed by atoms with Gasteiger partial charge in [-0.25, -0.2) is 0 Å². The highest BCUT2D eigenvalue weighted by molar-refractivity contribution is 5.98. The minimum Gasteiger partial charge on any atom is -0.385 e. The highest BCUT2D eigenvalue weighted by atomic mass is 16.5. The Labute approximate surface area is 131 Å². The molecular formula is C16H25N3O3. The molecule has 0 saturated carbocycles. The maximum Gasteiger partial charge on any atom is 0.269 e. The second-order valence-corrected chi connectivity index (χ2v) is 5.00. The van der Waals surface area contributed by atoms with Crippen LogP contribution in [0.15, 0.2) is 18.3 Å². The van der Waals surface area contributed by atoms with E-state index in [-0.39, 0.29) is 17.5 Å². The minimum atomic E-state index is -0.281. The van der Waals surface area contributed by atoms with Crippen LogP contribution in [-0.4, -0.2) is 43.6 Å². The number of amides is 2. The van der Waals surface area contributed by atoms with E-state index in [1.807, 2.05) is 0 Å². The van der Waals surface area contributed by atoms with Gasteiger partial charge in [-0.05, 0) is 25.0 Å². The van der Waals surface area contributed by atoms with E-state index in [0.717, 1.165) is 25.7 Å². The van der Waals surface area contributed by atoms with Gasteiger partial charge in [0.2, 0.25) is 0 Å². The first-order valence-corrected chi connectivity index (χ1v) is 7.70. The first-order chi connectivity index (χ1) is 10.7. The van der Waals surface area contributed by atoms with Gasteiger partial charge in [0.05, 0.1) is 0 Å². The van der Waals surface area contributed by atoms with Gasteiger partial charge in [0, 0.05) is 38.6 Å². The third-order valence-electron chi connectivity index (χ3n) is 3.13. The van der Waals surface area contributed by atoms with Crippen molar-refractivity contribution in [2.45, 2.75) is 32.6 Å². The SMILES string of the molecule is CCCCCNC(=O)c1ccnc(C(=O)NCCCOC)c1.